The van der Waals surface area contributed by atoms with Crippen LogP contribution < -0.4 is 9.47 Å². The maximum atomic E-state index is 6.02. The maximum Gasteiger partial charge on any atom is 0.161 e. The van der Waals surface area contributed by atoms with E-state index in [0.29, 0.717) is 6.61 Å². The average molecular weight is 394 g/mol. The van der Waals surface area contributed by atoms with Crippen molar-refractivity contribution in [1.82, 2.24) is 14.5 Å². The molecule has 5 nitrogen and oxygen atoms in total. The highest BCUT2D eigenvalue weighted by atomic mass is 16.5. The largest absolute Gasteiger partial charge is 0.493 e. The Morgan fingerprint density at radius 3 is 2.48 bits per heavy atom. The highest BCUT2D eigenvalue weighted by molar-refractivity contribution is 5.75. The minimum Gasteiger partial charge on any atom is -0.493 e. The summed E-state index contributed by atoms with van der Waals surface area (Å²) in [5, 5.41) is 0. The SMILES string of the molecule is COc1ccccc1OCCn1c(CCCN2CCCCC2)nc2ccccc21. The summed E-state index contributed by atoms with van der Waals surface area (Å²) in [4.78, 5) is 7.52. The lowest BCUT2D eigenvalue weighted by Gasteiger charge is -2.26. The van der Waals surface area contributed by atoms with Crippen molar-refractivity contribution in [3.63, 3.8) is 0 Å². The number of imidazole rings is 1. The van der Waals surface area contributed by atoms with Crippen LogP contribution in [0.15, 0.2) is 48.5 Å². The Bertz CT molecular complexity index is 915. The molecule has 0 unspecified atom stereocenters. The molecule has 0 aliphatic carbocycles. The van der Waals surface area contributed by atoms with E-state index in [0.717, 1.165) is 42.2 Å². The summed E-state index contributed by atoms with van der Waals surface area (Å²) in [7, 11) is 1.67. The first-order chi connectivity index (χ1) is 14.3. The Labute approximate surface area is 173 Å². The molecular weight excluding hydrogens is 362 g/mol. The summed E-state index contributed by atoms with van der Waals surface area (Å²) >= 11 is 0. The molecule has 0 saturated carbocycles. The van der Waals surface area contributed by atoms with Crippen molar-refractivity contribution in [1.29, 1.82) is 0 Å². The van der Waals surface area contributed by atoms with Crippen LogP contribution >= 0.6 is 0 Å². The first-order valence-electron chi connectivity index (χ1n) is 10.8. The van der Waals surface area contributed by atoms with Crippen LogP contribution in [0, 0.1) is 0 Å². The van der Waals surface area contributed by atoms with E-state index >= 15 is 0 Å². The quantitative estimate of drug-likeness (QED) is 0.535. The fourth-order valence-electron chi connectivity index (χ4n) is 4.19. The van der Waals surface area contributed by atoms with Crippen LogP contribution in [0.2, 0.25) is 0 Å². The molecule has 1 aliphatic heterocycles. The van der Waals surface area contributed by atoms with E-state index < -0.39 is 0 Å². The first-order valence-corrected chi connectivity index (χ1v) is 10.8. The number of piperidine rings is 1. The summed E-state index contributed by atoms with van der Waals surface area (Å²) in [5.41, 5.74) is 2.25. The van der Waals surface area contributed by atoms with Crippen molar-refractivity contribution in [2.24, 2.45) is 0 Å². The molecule has 0 N–H and O–H groups in total. The van der Waals surface area contributed by atoms with Crippen molar-refractivity contribution in [3.05, 3.63) is 54.4 Å². The van der Waals surface area contributed by atoms with Crippen molar-refractivity contribution < 1.29 is 9.47 Å². The van der Waals surface area contributed by atoms with E-state index in [9.17, 15) is 0 Å². The number of hydrogen-bond acceptors (Lipinski definition) is 4. The van der Waals surface area contributed by atoms with E-state index in [1.165, 1.54) is 44.4 Å². The standard InChI is InChI=1S/C24H31N3O2/c1-28-22-12-5-6-13-23(22)29-19-18-27-21-11-4-3-10-20(21)25-24(27)14-9-17-26-15-7-2-8-16-26/h3-6,10-13H,2,7-9,14-19H2,1H3. The molecule has 0 atom stereocenters. The maximum absolute atomic E-state index is 6.02. The topological polar surface area (TPSA) is 39.5 Å². The summed E-state index contributed by atoms with van der Waals surface area (Å²) in [6.45, 7) is 5.03. The zero-order valence-electron chi connectivity index (χ0n) is 17.3. The minimum absolute atomic E-state index is 0.583. The molecule has 4 rings (SSSR count). The van der Waals surface area contributed by atoms with E-state index in [4.69, 9.17) is 14.5 Å². The number of benzene rings is 2. The van der Waals surface area contributed by atoms with Crippen LogP contribution in [-0.4, -0.2) is 47.8 Å². The number of ether oxygens (including phenoxy) is 2. The third-order valence-electron chi connectivity index (χ3n) is 5.70. The minimum atomic E-state index is 0.583. The highest BCUT2D eigenvalue weighted by Gasteiger charge is 2.13. The van der Waals surface area contributed by atoms with Gasteiger partial charge in [0.1, 0.15) is 12.4 Å². The Morgan fingerprint density at radius 2 is 1.66 bits per heavy atom. The normalized spacial score (nSPS) is 14.9. The lowest BCUT2D eigenvalue weighted by Crippen LogP contribution is -2.30. The molecule has 0 spiro atoms. The number of methoxy groups -OCH3 is 1. The van der Waals surface area contributed by atoms with Gasteiger partial charge >= 0.3 is 0 Å². The molecule has 29 heavy (non-hydrogen) atoms. The lowest BCUT2D eigenvalue weighted by atomic mass is 10.1. The average Bonchev–Trinajstić information content (AvgIpc) is 3.12. The number of para-hydroxylation sites is 4. The molecule has 5 heteroatoms. The zero-order chi connectivity index (χ0) is 19.9. The van der Waals surface area contributed by atoms with Gasteiger partial charge in [0.05, 0.1) is 24.7 Å². The second-order valence-corrected chi connectivity index (χ2v) is 7.67. The van der Waals surface area contributed by atoms with E-state index in [2.05, 4.69) is 33.7 Å². The summed E-state index contributed by atoms with van der Waals surface area (Å²) in [6, 6.07) is 16.2. The molecule has 0 amide bonds. The number of aryl methyl sites for hydroxylation is 1. The first kappa shape index (κ1) is 19.8. The van der Waals surface area contributed by atoms with Crippen LogP contribution in [0.4, 0.5) is 0 Å². The van der Waals surface area contributed by atoms with Crippen LogP contribution in [0.5, 0.6) is 11.5 Å². The predicted octanol–water partition coefficient (Wildman–Crippen LogP) is 4.54. The van der Waals surface area contributed by atoms with Crippen molar-refractivity contribution in [3.8, 4) is 11.5 Å². The molecule has 1 aromatic heterocycles. The van der Waals surface area contributed by atoms with Crippen LogP contribution in [-0.2, 0) is 13.0 Å². The van der Waals surface area contributed by atoms with Crippen molar-refractivity contribution in [2.75, 3.05) is 33.4 Å². The molecule has 0 radical (unpaired) electrons. The van der Waals surface area contributed by atoms with Gasteiger partial charge in [-0.25, -0.2) is 4.98 Å². The van der Waals surface area contributed by atoms with Gasteiger partial charge in [-0.05, 0) is 63.2 Å². The third-order valence-corrected chi connectivity index (χ3v) is 5.70. The van der Waals surface area contributed by atoms with Gasteiger partial charge < -0.3 is 18.9 Å². The van der Waals surface area contributed by atoms with Crippen LogP contribution in [0.25, 0.3) is 11.0 Å². The molecule has 3 aromatic rings. The number of nitrogens with zero attached hydrogens (tertiary/aromatic N) is 3. The number of likely N-dealkylation sites (tertiary alicyclic amines) is 1. The van der Waals surface area contributed by atoms with E-state index in [1.807, 2.05) is 24.3 Å². The van der Waals surface area contributed by atoms with Crippen molar-refractivity contribution >= 4 is 11.0 Å². The second-order valence-electron chi connectivity index (χ2n) is 7.67. The van der Waals surface area contributed by atoms with Crippen LogP contribution in [0.3, 0.4) is 0 Å². The summed E-state index contributed by atoms with van der Waals surface area (Å²) < 4.78 is 13.7. The number of rotatable bonds is 9. The summed E-state index contributed by atoms with van der Waals surface area (Å²) in [6.07, 6.45) is 6.23. The van der Waals surface area contributed by atoms with E-state index in [1.54, 1.807) is 7.11 Å². The van der Waals surface area contributed by atoms with Gasteiger partial charge in [-0.3, -0.25) is 0 Å². The van der Waals surface area contributed by atoms with Gasteiger partial charge in [0.25, 0.3) is 0 Å². The van der Waals surface area contributed by atoms with Gasteiger partial charge in [0.2, 0.25) is 0 Å². The monoisotopic (exact) mass is 393 g/mol. The second kappa shape index (κ2) is 9.79. The lowest BCUT2D eigenvalue weighted by molar-refractivity contribution is 0.225. The number of fused-ring (bicyclic) bond motifs is 1. The highest BCUT2D eigenvalue weighted by Crippen LogP contribution is 2.26. The zero-order valence-corrected chi connectivity index (χ0v) is 17.3. The Balaban J connectivity index is 1.42. The molecule has 2 aromatic carbocycles. The van der Waals surface area contributed by atoms with Gasteiger partial charge in [-0.1, -0.05) is 30.7 Å². The third kappa shape index (κ3) is 4.91. The van der Waals surface area contributed by atoms with Gasteiger partial charge in [-0.15, -0.1) is 0 Å². The molecule has 1 fully saturated rings. The van der Waals surface area contributed by atoms with Gasteiger partial charge in [0.15, 0.2) is 11.5 Å². The molecule has 1 saturated heterocycles. The molecular formula is C24H31N3O2. The van der Waals surface area contributed by atoms with Gasteiger partial charge in [-0.2, -0.15) is 0 Å². The smallest absolute Gasteiger partial charge is 0.161 e. The van der Waals surface area contributed by atoms with Crippen LogP contribution in [0.1, 0.15) is 31.5 Å². The Morgan fingerprint density at radius 1 is 0.897 bits per heavy atom. The predicted molar refractivity (Wildman–Crippen MR) is 117 cm³/mol. The number of hydrogen-bond donors (Lipinski definition) is 0. The Kier molecular flexibility index (Phi) is 6.67. The molecule has 154 valence electrons. The van der Waals surface area contributed by atoms with E-state index in [-0.39, 0.29) is 0 Å². The fraction of sp³-hybridized carbons (Fsp3) is 0.458. The summed E-state index contributed by atoms with van der Waals surface area (Å²) in [5.74, 6) is 2.71. The molecule has 1 aliphatic rings. The Hall–Kier alpha value is -2.53. The van der Waals surface area contributed by atoms with Gasteiger partial charge in [0, 0.05) is 6.42 Å². The molecule has 2 heterocycles. The number of aromatic nitrogens is 2. The fourth-order valence-corrected chi connectivity index (χ4v) is 4.19. The van der Waals surface area contributed by atoms with Crippen molar-refractivity contribution in [2.45, 2.75) is 38.6 Å². The molecule has 0 bridgehead atoms.